The summed E-state index contributed by atoms with van der Waals surface area (Å²) in [6.07, 6.45) is 4.57. The van der Waals surface area contributed by atoms with Gasteiger partial charge in [-0.05, 0) is 18.6 Å². The molecule has 0 spiro atoms. The topological polar surface area (TPSA) is 82.3 Å². The van der Waals surface area contributed by atoms with Crippen LogP contribution in [0.25, 0.3) is 6.08 Å². The molecule has 0 saturated heterocycles. The SMILES string of the molecule is COC(=O)CC=Cc1ncc([N+](=O)[O-])cc1C. The highest BCUT2D eigenvalue weighted by atomic mass is 16.6. The van der Waals surface area contributed by atoms with Crippen LogP contribution in [-0.4, -0.2) is 23.0 Å². The summed E-state index contributed by atoms with van der Waals surface area (Å²) in [6.45, 7) is 1.72. The van der Waals surface area contributed by atoms with Crippen molar-refractivity contribution in [2.45, 2.75) is 13.3 Å². The van der Waals surface area contributed by atoms with E-state index in [0.29, 0.717) is 11.3 Å². The zero-order valence-corrected chi connectivity index (χ0v) is 9.54. The van der Waals surface area contributed by atoms with Crippen LogP contribution in [0.1, 0.15) is 17.7 Å². The van der Waals surface area contributed by atoms with Gasteiger partial charge in [-0.2, -0.15) is 0 Å². The van der Waals surface area contributed by atoms with E-state index in [2.05, 4.69) is 9.72 Å². The van der Waals surface area contributed by atoms with Crippen molar-refractivity contribution in [1.29, 1.82) is 0 Å². The number of ether oxygens (including phenoxy) is 1. The zero-order valence-electron chi connectivity index (χ0n) is 9.54. The van der Waals surface area contributed by atoms with Gasteiger partial charge in [0.25, 0.3) is 5.69 Å². The van der Waals surface area contributed by atoms with Gasteiger partial charge in [0.15, 0.2) is 0 Å². The van der Waals surface area contributed by atoms with Gasteiger partial charge in [0.1, 0.15) is 6.20 Å². The van der Waals surface area contributed by atoms with Crippen molar-refractivity contribution in [1.82, 2.24) is 4.98 Å². The second-order valence-corrected chi connectivity index (χ2v) is 3.34. The number of nitro groups is 1. The van der Waals surface area contributed by atoms with Gasteiger partial charge in [0.05, 0.1) is 24.1 Å². The molecule has 0 aliphatic heterocycles. The van der Waals surface area contributed by atoms with Gasteiger partial charge in [-0.15, -0.1) is 0 Å². The first-order valence-electron chi connectivity index (χ1n) is 4.89. The molecule has 0 atom stereocenters. The fraction of sp³-hybridized carbons (Fsp3) is 0.273. The van der Waals surface area contributed by atoms with E-state index in [-0.39, 0.29) is 18.1 Å². The van der Waals surface area contributed by atoms with Crippen LogP contribution in [0, 0.1) is 17.0 Å². The van der Waals surface area contributed by atoms with E-state index >= 15 is 0 Å². The van der Waals surface area contributed by atoms with Crippen LogP contribution >= 0.6 is 0 Å². The molecule has 1 rings (SSSR count). The number of hydrogen-bond acceptors (Lipinski definition) is 5. The lowest BCUT2D eigenvalue weighted by atomic mass is 10.2. The van der Waals surface area contributed by atoms with E-state index < -0.39 is 4.92 Å². The summed E-state index contributed by atoms with van der Waals surface area (Å²) < 4.78 is 4.47. The van der Waals surface area contributed by atoms with Gasteiger partial charge in [-0.25, -0.2) is 4.98 Å². The molecule has 6 heteroatoms. The number of esters is 1. The molecule has 1 heterocycles. The van der Waals surface area contributed by atoms with Gasteiger partial charge in [-0.1, -0.05) is 6.08 Å². The van der Waals surface area contributed by atoms with Crippen LogP contribution in [0.3, 0.4) is 0 Å². The Morgan fingerprint density at radius 2 is 2.35 bits per heavy atom. The highest BCUT2D eigenvalue weighted by molar-refractivity contribution is 5.72. The van der Waals surface area contributed by atoms with Crippen molar-refractivity contribution in [3.8, 4) is 0 Å². The van der Waals surface area contributed by atoms with Crippen LogP contribution < -0.4 is 0 Å². The minimum absolute atomic E-state index is 0.0485. The first kappa shape index (κ1) is 12.8. The van der Waals surface area contributed by atoms with Crippen LogP contribution in [0.2, 0.25) is 0 Å². The highest BCUT2D eigenvalue weighted by Gasteiger charge is 2.07. The number of rotatable bonds is 4. The molecular formula is C11H12N2O4. The first-order chi connectivity index (χ1) is 8.04. The minimum Gasteiger partial charge on any atom is -0.469 e. The van der Waals surface area contributed by atoms with Crippen LogP contribution in [0.15, 0.2) is 18.3 Å². The molecule has 0 aromatic carbocycles. The van der Waals surface area contributed by atoms with Crippen LogP contribution in [0.5, 0.6) is 0 Å². The van der Waals surface area contributed by atoms with Crippen LogP contribution in [-0.2, 0) is 9.53 Å². The average Bonchev–Trinajstić information content (AvgIpc) is 2.30. The van der Waals surface area contributed by atoms with Crippen molar-refractivity contribution in [3.05, 3.63) is 39.7 Å². The monoisotopic (exact) mass is 236 g/mol. The first-order valence-corrected chi connectivity index (χ1v) is 4.89. The number of aryl methyl sites for hydroxylation is 1. The Morgan fingerprint density at radius 1 is 1.65 bits per heavy atom. The fourth-order valence-corrected chi connectivity index (χ4v) is 1.19. The Morgan fingerprint density at radius 3 is 2.88 bits per heavy atom. The van der Waals surface area contributed by atoms with Gasteiger partial charge in [0, 0.05) is 6.07 Å². The Hall–Kier alpha value is -2.24. The summed E-state index contributed by atoms with van der Waals surface area (Å²) in [5.41, 5.74) is 1.23. The normalized spacial score (nSPS) is 10.5. The molecule has 1 aromatic rings. The molecule has 0 aliphatic carbocycles. The lowest BCUT2D eigenvalue weighted by Crippen LogP contribution is -1.97. The zero-order chi connectivity index (χ0) is 12.8. The highest BCUT2D eigenvalue weighted by Crippen LogP contribution is 2.15. The summed E-state index contributed by atoms with van der Waals surface area (Å²) in [7, 11) is 1.31. The number of carbonyl (C=O) groups is 1. The van der Waals surface area contributed by atoms with E-state index in [1.807, 2.05) is 0 Å². The molecule has 17 heavy (non-hydrogen) atoms. The summed E-state index contributed by atoms with van der Waals surface area (Å²) in [4.78, 5) is 24.8. The van der Waals surface area contributed by atoms with Gasteiger partial charge in [0.2, 0.25) is 0 Å². The smallest absolute Gasteiger partial charge is 0.309 e. The van der Waals surface area contributed by atoms with E-state index in [4.69, 9.17) is 0 Å². The van der Waals surface area contributed by atoms with Gasteiger partial charge in [-0.3, -0.25) is 14.9 Å². The fourth-order valence-electron chi connectivity index (χ4n) is 1.19. The molecule has 0 fully saturated rings. The summed E-state index contributed by atoms with van der Waals surface area (Å²) in [5, 5.41) is 10.5. The Bertz CT molecular complexity index is 469. The molecule has 1 aromatic heterocycles. The lowest BCUT2D eigenvalue weighted by molar-refractivity contribution is -0.385. The van der Waals surface area contributed by atoms with E-state index in [1.54, 1.807) is 19.1 Å². The molecule has 0 bridgehead atoms. The average molecular weight is 236 g/mol. The largest absolute Gasteiger partial charge is 0.469 e. The molecular weight excluding hydrogens is 224 g/mol. The standard InChI is InChI=1S/C11H12N2O4/c1-8-6-9(13(15)16)7-12-10(8)4-3-5-11(14)17-2/h3-4,6-7H,5H2,1-2H3. The summed E-state index contributed by atoms with van der Waals surface area (Å²) in [6, 6.07) is 1.44. The maximum Gasteiger partial charge on any atom is 0.309 e. The lowest BCUT2D eigenvalue weighted by Gasteiger charge is -1.99. The molecule has 90 valence electrons. The number of carbonyl (C=O) groups excluding carboxylic acids is 1. The molecule has 0 unspecified atom stereocenters. The molecule has 0 N–H and O–H groups in total. The Labute approximate surface area is 98.1 Å². The third kappa shape index (κ3) is 3.67. The van der Waals surface area contributed by atoms with Gasteiger partial charge < -0.3 is 4.74 Å². The number of pyridine rings is 1. The molecule has 0 saturated carbocycles. The van der Waals surface area contributed by atoms with Crippen molar-refractivity contribution >= 4 is 17.7 Å². The minimum atomic E-state index is -0.498. The maximum atomic E-state index is 10.8. The van der Waals surface area contributed by atoms with Crippen LogP contribution in [0.4, 0.5) is 5.69 Å². The van der Waals surface area contributed by atoms with E-state index in [0.717, 1.165) is 0 Å². The molecule has 0 radical (unpaired) electrons. The third-order valence-electron chi connectivity index (χ3n) is 2.10. The van der Waals surface area contributed by atoms with E-state index in [9.17, 15) is 14.9 Å². The Balaban J connectivity index is 2.79. The second kappa shape index (κ2) is 5.74. The predicted octanol–water partition coefficient (Wildman–Crippen LogP) is 1.87. The van der Waals surface area contributed by atoms with Crippen molar-refractivity contribution in [2.24, 2.45) is 0 Å². The maximum absolute atomic E-state index is 10.8. The third-order valence-corrected chi connectivity index (χ3v) is 2.10. The molecule has 6 nitrogen and oxygen atoms in total. The summed E-state index contributed by atoms with van der Waals surface area (Å²) >= 11 is 0. The second-order valence-electron chi connectivity index (χ2n) is 3.34. The number of nitrogens with zero attached hydrogens (tertiary/aromatic N) is 2. The summed E-state index contributed by atoms with van der Waals surface area (Å²) in [5.74, 6) is -0.346. The number of hydrogen-bond donors (Lipinski definition) is 0. The van der Waals surface area contributed by atoms with Crippen molar-refractivity contribution in [3.63, 3.8) is 0 Å². The van der Waals surface area contributed by atoms with Crippen molar-refractivity contribution < 1.29 is 14.5 Å². The number of aromatic nitrogens is 1. The van der Waals surface area contributed by atoms with Gasteiger partial charge >= 0.3 is 5.97 Å². The van der Waals surface area contributed by atoms with Crippen molar-refractivity contribution in [2.75, 3.05) is 7.11 Å². The quantitative estimate of drug-likeness (QED) is 0.452. The number of methoxy groups -OCH3 is 1. The molecule has 0 amide bonds. The van der Waals surface area contributed by atoms with E-state index in [1.165, 1.54) is 19.4 Å². The molecule has 0 aliphatic rings. The Kier molecular flexibility index (Phi) is 4.33. The predicted molar refractivity (Wildman–Crippen MR) is 61.3 cm³/mol.